The second-order valence-electron chi connectivity index (χ2n) is 4.50. The summed E-state index contributed by atoms with van der Waals surface area (Å²) in [4.78, 5) is 24.0. The largest absolute Gasteiger partial charge is 0.497 e. The standard InChI is InChI=1S/C16H17NO5/c1-3-13(22-16(19)14-5-4-10-21-14)15(18)17-11-6-8-12(20-2)9-7-11/h4-10,13H,3H2,1-2H3,(H,17,18). The molecule has 0 saturated carbocycles. The normalized spacial score (nSPS) is 11.5. The third-order valence-electron chi connectivity index (χ3n) is 2.99. The fourth-order valence-corrected chi connectivity index (χ4v) is 1.80. The minimum atomic E-state index is -0.889. The van der Waals surface area contributed by atoms with Crippen molar-refractivity contribution < 1.29 is 23.5 Å². The molecule has 1 heterocycles. The van der Waals surface area contributed by atoms with Crippen LogP contribution in [-0.2, 0) is 9.53 Å². The van der Waals surface area contributed by atoms with Crippen LogP contribution in [0.15, 0.2) is 47.1 Å². The van der Waals surface area contributed by atoms with Crippen molar-refractivity contribution in [3.8, 4) is 5.75 Å². The topological polar surface area (TPSA) is 77.8 Å². The van der Waals surface area contributed by atoms with Gasteiger partial charge >= 0.3 is 5.97 Å². The average Bonchev–Trinajstić information content (AvgIpc) is 3.07. The Kier molecular flexibility index (Phi) is 5.19. The maximum Gasteiger partial charge on any atom is 0.374 e. The quantitative estimate of drug-likeness (QED) is 0.830. The van der Waals surface area contributed by atoms with Gasteiger partial charge in [0.25, 0.3) is 5.91 Å². The van der Waals surface area contributed by atoms with E-state index in [-0.39, 0.29) is 5.76 Å². The number of hydrogen-bond donors (Lipinski definition) is 1. The molecule has 22 heavy (non-hydrogen) atoms. The van der Waals surface area contributed by atoms with Crippen molar-refractivity contribution in [1.29, 1.82) is 0 Å². The van der Waals surface area contributed by atoms with Gasteiger partial charge < -0.3 is 19.2 Å². The van der Waals surface area contributed by atoms with E-state index in [0.717, 1.165) is 0 Å². The number of carbonyl (C=O) groups is 2. The van der Waals surface area contributed by atoms with Crippen molar-refractivity contribution in [2.24, 2.45) is 0 Å². The van der Waals surface area contributed by atoms with Crippen molar-refractivity contribution in [3.63, 3.8) is 0 Å². The highest BCUT2D eigenvalue weighted by molar-refractivity contribution is 5.96. The predicted molar refractivity (Wildman–Crippen MR) is 79.8 cm³/mol. The SMILES string of the molecule is CCC(OC(=O)c1ccco1)C(=O)Nc1ccc(OC)cc1. The van der Waals surface area contributed by atoms with E-state index in [1.807, 2.05) is 0 Å². The van der Waals surface area contributed by atoms with Crippen molar-refractivity contribution in [2.45, 2.75) is 19.4 Å². The highest BCUT2D eigenvalue weighted by Gasteiger charge is 2.23. The fraction of sp³-hybridized carbons (Fsp3) is 0.250. The molecule has 1 atom stereocenters. The molecule has 0 aliphatic heterocycles. The third kappa shape index (κ3) is 3.88. The third-order valence-corrected chi connectivity index (χ3v) is 2.99. The van der Waals surface area contributed by atoms with Gasteiger partial charge in [0, 0.05) is 5.69 Å². The number of ether oxygens (including phenoxy) is 2. The summed E-state index contributed by atoms with van der Waals surface area (Å²) < 4.78 is 15.1. The summed E-state index contributed by atoms with van der Waals surface area (Å²) in [6.07, 6.45) is 0.836. The summed E-state index contributed by atoms with van der Waals surface area (Å²) in [5.41, 5.74) is 0.596. The predicted octanol–water partition coefficient (Wildman–Crippen LogP) is 2.86. The molecule has 0 saturated heterocycles. The maximum absolute atomic E-state index is 12.2. The van der Waals surface area contributed by atoms with Crippen molar-refractivity contribution in [3.05, 3.63) is 48.4 Å². The van der Waals surface area contributed by atoms with Gasteiger partial charge in [0.2, 0.25) is 5.76 Å². The number of anilines is 1. The smallest absolute Gasteiger partial charge is 0.374 e. The van der Waals surface area contributed by atoms with Gasteiger partial charge in [0.1, 0.15) is 5.75 Å². The lowest BCUT2D eigenvalue weighted by atomic mass is 10.2. The van der Waals surface area contributed by atoms with Gasteiger partial charge in [-0.2, -0.15) is 0 Å². The molecule has 6 nitrogen and oxygen atoms in total. The molecule has 116 valence electrons. The molecule has 0 radical (unpaired) electrons. The zero-order valence-corrected chi connectivity index (χ0v) is 12.4. The minimum absolute atomic E-state index is 0.0655. The van der Waals surface area contributed by atoms with E-state index in [0.29, 0.717) is 17.9 Å². The van der Waals surface area contributed by atoms with Crippen LogP contribution in [0.1, 0.15) is 23.9 Å². The van der Waals surface area contributed by atoms with Crippen LogP contribution in [0.25, 0.3) is 0 Å². The Bertz CT molecular complexity index is 618. The van der Waals surface area contributed by atoms with Crippen LogP contribution < -0.4 is 10.1 Å². The second kappa shape index (κ2) is 7.31. The summed E-state index contributed by atoms with van der Waals surface area (Å²) in [5.74, 6) is -0.306. The van der Waals surface area contributed by atoms with Gasteiger partial charge in [-0.05, 0) is 42.8 Å². The van der Waals surface area contributed by atoms with Crippen LogP contribution in [0.5, 0.6) is 5.75 Å². The lowest BCUT2D eigenvalue weighted by Gasteiger charge is -2.15. The maximum atomic E-state index is 12.2. The molecule has 1 N–H and O–H groups in total. The summed E-state index contributed by atoms with van der Waals surface area (Å²) in [7, 11) is 1.56. The van der Waals surface area contributed by atoms with Crippen LogP contribution in [0.2, 0.25) is 0 Å². The van der Waals surface area contributed by atoms with E-state index in [2.05, 4.69) is 5.32 Å². The molecule has 1 aromatic carbocycles. The van der Waals surface area contributed by atoms with Crippen molar-refractivity contribution in [1.82, 2.24) is 0 Å². The molecule has 2 aromatic rings. The summed E-state index contributed by atoms with van der Waals surface area (Å²) in [6.45, 7) is 1.76. The number of methoxy groups -OCH3 is 1. The zero-order chi connectivity index (χ0) is 15.9. The highest BCUT2D eigenvalue weighted by atomic mass is 16.6. The molecule has 0 aliphatic rings. The van der Waals surface area contributed by atoms with Gasteiger partial charge in [-0.25, -0.2) is 4.79 Å². The number of esters is 1. The number of benzene rings is 1. The molecule has 1 aromatic heterocycles. The van der Waals surface area contributed by atoms with Gasteiger partial charge in [0.15, 0.2) is 6.10 Å². The van der Waals surface area contributed by atoms with Gasteiger partial charge in [0.05, 0.1) is 13.4 Å². The minimum Gasteiger partial charge on any atom is -0.497 e. The Morgan fingerprint density at radius 2 is 1.95 bits per heavy atom. The summed E-state index contributed by atoms with van der Waals surface area (Å²) in [5, 5.41) is 2.69. The van der Waals surface area contributed by atoms with E-state index in [1.54, 1.807) is 44.4 Å². The fourth-order valence-electron chi connectivity index (χ4n) is 1.80. The Morgan fingerprint density at radius 3 is 2.50 bits per heavy atom. The first-order chi connectivity index (χ1) is 10.6. The molecule has 0 spiro atoms. The van der Waals surface area contributed by atoms with E-state index < -0.39 is 18.0 Å². The number of rotatable bonds is 6. The Hall–Kier alpha value is -2.76. The second-order valence-corrected chi connectivity index (χ2v) is 4.50. The number of furan rings is 1. The van der Waals surface area contributed by atoms with Gasteiger partial charge in [-0.1, -0.05) is 6.92 Å². The van der Waals surface area contributed by atoms with Crippen LogP contribution in [-0.4, -0.2) is 25.1 Å². The van der Waals surface area contributed by atoms with Crippen LogP contribution in [0, 0.1) is 0 Å². The number of nitrogens with one attached hydrogen (secondary N) is 1. The van der Waals surface area contributed by atoms with Crippen LogP contribution in [0.4, 0.5) is 5.69 Å². The first-order valence-corrected chi connectivity index (χ1v) is 6.83. The first-order valence-electron chi connectivity index (χ1n) is 6.83. The van der Waals surface area contributed by atoms with E-state index in [9.17, 15) is 9.59 Å². The Morgan fingerprint density at radius 1 is 1.23 bits per heavy atom. The zero-order valence-electron chi connectivity index (χ0n) is 12.4. The molecular weight excluding hydrogens is 286 g/mol. The number of carbonyl (C=O) groups excluding carboxylic acids is 2. The van der Waals surface area contributed by atoms with E-state index in [4.69, 9.17) is 13.9 Å². The molecule has 0 fully saturated rings. The first kappa shape index (κ1) is 15.6. The van der Waals surface area contributed by atoms with Crippen LogP contribution in [0.3, 0.4) is 0 Å². The molecule has 1 unspecified atom stereocenters. The Labute approximate surface area is 128 Å². The monoisotopic (exact) mass is 303 g/mol. The Balaban J connectivity index is 1.97. The van der Waals surface area contributed by atoms with E-state index >= 15 is 0 Å². The number of amides is 1. The highest BCUT2D eigenvalue weighted by Crippen LogP contribution is 2.16. The molecule has 0 bridgehead atoms. The number of hydrogen-bond acceptors (Lipinski definition) is 5. The summed E-state index contributed by atoms with van der Waals surface area (Å²) >= 11 is 0. The lowest BCUT2D eigenvalue weighted by molar-refractivity contribution is -0.124. The molecule has 6 heteroatoms. The van der Waals surface area contributed by atoms with Crippen LogP contribution >= 0.6 is 0 Å². The van der Waals surface area contributed by atoms with Gasteiger partial charge in [-0.3, -0.25) is 4.79 Å². The van der Waals surface area contributed by atoms with Crippen molar-refractivity contribution >= 4 is 17.6 Å². The van der Waals surface area contributed by atoms with E-state index in [1.165, 1.54) is 12.3 Å². The molecule has 2 rings (SSSR count). The van der Waals surface area contributed by atoms with Gasteiger partial charge in [-0.15, -0.1) is 0 Å². The molecule has 1 amide bonds. The average molecular weight is 303 g/mol. The van der Waals surface area contributed by atoms with Crippen molar-refractivity contribution in [2.75, 3.05) is 12.4 Å². The lowest BCUT2D eigenvalue weighted by Crippen LogP contribution is -2.32. The summed E-state index contributed by atoms with van der Waals surface area (Å²) in [6, 6.07) is 9.93. The molecular formula is C16H17NO5. The molecule has 0 aliphatic carbocycles.